The van der Waals surface area contributed by atoms with Crippen LogP contribution in [0.1, 0.15) is 43.7 Å². The molecule has 0 bridgehead atoms. The lowest BCUT2D eigenvalue weighted by Gasteiger charge is -2.22. The second-order valence-electron chi connectivity index (χ2n) is 4.61. The molecule has 0 saturated heterocycles. The van der Waals surface area contributed by atoms with Crippen molar-refractivity contribution in [3.8, 4) is 5.75 Å². The first kappa shape index (κ1) is 13.7. The molecule has 0 aliphatic heterocycles. The summed E-state index contributed by atoms with van der Waals surface area (Å²) in [6, 6.07) is 12.4. The second-order valence-corrected chi connectivity index (χ2v) is 4.61. The zero-order chi connectivity index (χ0) is 13.7. The van der Waals surface area contributed by atoms with E-state index >= 15 is 0 Å². The first-order valence-electron chi connectivity index (χ1n) is 6.68. The maximum Gasteiger partial charge on any atom is 0.123 e. The third-order valence-corrected chi connectivity index (χ3v) is 3.35. The number of hydrogen-bond acceptors (Lipinski definition) is 3. The van der Waals surface area contributed by atoms with Crippen molar-refractivity contribution in [1.82, 2.24) is 5.32 Å². The molecule has 2 atom stereocenters. The van der Waals surface area contributed by atoms with Gasteiger partial charge in [-0.1, -0.05) is 25.1 Å². The number of methoxy groups -OCH3 is 1. The number of furan rings is 1. The molecule has 19 heavy (non-hydrogen) atoms. The fourth-order valence-corrected chi connectivity index (χ4v) is 2.31. The molecule has 1 aromatic carbocycles. The molecule has 1 heterocycles. The summed E-state index contributed by atoms with van der Waals surface area (Å²) in [5.74, 6) is 1.89. The Hall–Kier alpha value is -1.74. The zero-order valence-corrected chi connectivity index (χ0v) is 11.7. The van der Waals surface area contributed by atoms with Gasteiger partial charge in [0, 0.05) is 11.6 Å². The van der Waals surface area contributed by atoms with Crippen LogP contribution in [-0.2, 0) is 0 Å². The number of nitrogens with one attached hydrogen (secondary N) is 1. The van der Waals surface area contributed by atoms with Crippen molar-refractivity contribution >= 4 is 0 Å². The van der Waals surface area contributed by atoms with Crippen LogP contribution in [0.5, 0.6) is 5.75 Å². The Kier molecular flexibility index (Phi) is 4.63. The van der Waals surface area contributed by atoms with Gasteiger partial charge in [-0.15, -0.1) is 0 Å². The molecule has 2 rings (SSSR count). The minimum atomic E-state index is 0.200. The van der Waals surface area contributed by atoms with Gasteiger partial charge in [0.25, 0.3) is 0 Å². The van der Waals surface area contributed by atoms with Gasteiger partial charge in [0.15, 0.2) is 0 Å². The van der Waals surface area contributed by atoms with Crippen molar-refractivity contribution in [2.24, 2.45) is 0 Å². The third kappa shape index (κ3) is 3.18. The SMILES string of the molecule is CCC(N[C@@H](C)c1ccccc1OC)c1ccco1. The third-order valence-electron chi connectivity index (χ3n) is 3.35. The lowest BCUT2D eigenvalue weighted by molar-refractivity contribution is 0.363. The molecule has 102 valence electrons. The van der Waals surface area contributed by atoms with Crippen LogP contribution < -0.4 is 10.1 Å². The van der Waals surface area contributed by atoms with Crippen molar-refractivity contribution in [2.45, 2.75) is 32.4 Å². The highest BCUT2D eigenvalue weighted by Crippen LogP contribution is 2.28. The van der Waals surface area contributed by atoms with Crippen molar-refractivity contribution < 1.29 is 9.15 Å². The molecule has 0 radical (unpaired) electrons. The van der Waals surface area contributed by atoms with Gasteiger partial charge in [-0.2, -0.15) is 0 Å². The summed E-state index contributed by atoms with van der Waals surface area (Å²) in [4.78, 5) is 0. The fourth-order valence-electron chi connectivity index (χ4n) is 2.31. The van der Waals surface area contributed by atoms with Gasteiger partial charge in [-0.25, -0.2) is 0 Å². The minimum Gasteiger partial charge on any atom is -0.496 e. The Morgan fingerprint density at radius 3 is 2.63 bits per heavy atom. The van der Waals surface area contributed by atoms with E-state index in [9.17, 15) is 0 Å². The van der Waals surface area contributed by atoms with Gasteiger partial charge >= 0.3 is 0 Å². The Morgan fingerprint density at radius 1 is 1.21 bits per heavy atom. The maximum absolute atomic E-state index is 5.49. The van der Waals surface area contributed by atoms with Crippen molar-refractivity contribution in [1.29, 1.82) is 0 Å². The van der Waals surface area contributed by atoms with Crippen LogP contribution in [0.3, 0.4) is 0 Å². The van der Waals surface area contributed by atoms with E-state index in [-0.39, 0.29) is 12.1 Å². The van der Waals surface area contributed by atoms with Crippen LogP contribution in [0.15, 0.2) is 47.1 Å². The summed E-state index contributed by atoms with van der Waals surface area (Å²) < 4.78 is 10.9. The van der Waals surface area contributed by atoms with Crippen LogP contribution in [0.4, 0.5) is 0 Å². The number of benzene rings is 1. The summed E-state index contributed by atoms with van der Waals surface area (Å²) in [7, 11) is 1.70. The predicted molar refractivity (Wildman–Crippen MR) is 76.3 cm³/mol. The Balaban J connectivity index is 2.13. The van der Waals surface area contributed by atoms with Crippen molar-refractivity contribution in [2.75, 3.05) is 7.11 Å². The van der Waals surface area contributed by atoms with Crippen LogP contribution >= 0.6 is 0 Å². The number of para-hydroxylation sites is 1. The molecule has 0 aliphatic carbocycles. The summed E-state index contributed by atoms with van der Waals surface area (Å²) in [5, 5.41) is 3.59. The molecule has 2 aromatic rings. The fraction of sp³-hybridized carbons (Fsp3) is 0.375. The molecule has 3 heteroatoms. The van der Waals surface area contributed by atoms with E-state index in [1.807, 2.05) is 30.3 Å². The predicted octanol–water partition coefficient (Wildman–Crippen LogP) is 4.09. The minimum absolute atomic E-state index is 0.200. The molecule has 0 aliphatic rings. The van der Waals surface area contributed by atoms with Crippen LogP contribution in [0, 0.1) is 0 Å². The van der Waals surface area contributed by atoms with E-state index < -0.39 is 0 Å². The van der Waals surface area contributed by atoms with Crippen molar-refractivity contribution in [3.63, 3.8) is 0 Å². The quantitative estimate of drug-likeness (QED) is 0.848. The van der Waals surface area contributed by atoms with E-state index in [1.54, 1.807) is 13.4 Å². The van der Waals surface area contributed by atoms with E-state index in [1.165, 1.54) is 0 Å². The highest BCUT2D eigenvalue weighted by atomic mass is 16.5. The van der Waals surface area contributed by atoms with Gasteiger partial charge in [-0.05, 0) is 31.5 Å². The van der Waals surface area contributed by atoms with Crippen molar-refractivity contribution in [3.05, 3.63) is 54.0 Å². The van der Waals surface area contributed by atoms with E-state index in [0.29, 0.717) is 0 Å². The molecular formula is C16H21NO2. The second kappa shape index (κ2) is 6.43. The van der Waals surface area contributed by atoms with E-state index in [0.717, 1.165) is 23.5 Å². The number of ether oxygens (including phenoxy) is 1. The topological polar surface area (TPSA) is 34.4 Å². The van der Waals surface area contributed by atoms with Gasteiger partial charge in [0.1, 0.15) is 11.5 Å². The molecule has 1 unspecified atom stereocenters. The molecule has 1 N–H and O–H groups in total. The molecule has 0 fully saturated rings. The first-order chi connectivity index (χ1) is 9.26. The number of hydrogen-bond donors (Lipinski definition) is 1. The van der Waals surface area contributed by atoms with Gasteiger partial charge in [0.2, 0.25) is 0 Å². The highest BCUT2D eigenvalue weighted by molar-refractivity contribution is 5.35. The molecule has 0 amide bonds. The molecule has 3 nitrogen and oxygen atoms in total. The van der Waals surface area contributed by atoms with Gasteiger partial charge < -0.3 is 14.5 Å². The van der Waals surface area contributed by atoms with E-state index in [2.05, 4.69) is 25.2 Å². The van der Waals surface area contributed by atoms with Gasteiger partial charge in [-0.3, -0.25) is 0 Å². The van der Waals surface area contributed by atoms with Crippen LogP contribution in [0.2, 0.25) is 0 Å². The average Bonchev–Trinajstić information content (AvgIpc) is 2.98. The number of rotatable bonds is 6. The molecule has 0 spiro atoms. The summed E-state index contributed by atoms with van der Waals surface area (Å²) in [6.45, 7) is 4.29. The van der Waals surface area contributed by atoms with E-state index in [4.69, 9.17) is 9.15 Å². The Bertz CT molecular complexity index is 493. The summed E-state index contributed by atoms with van der Waals surface area (Å²) in [6.07, 6.45) is 2.69. The highest BCUT2D eigenvalue weighted by Gasteiger charge is 2.17. The summed E-state index contributed by atoms with van der Waals surface area (Å²) >= 11 is 0. The lowest BCUT2D eigenvalue weighted by Crippen LogP contribution is -2.24. The van der Waals surface area contributed by atoms with Gasteiger partial charge in [0.05, 0.1) is 19.4 Å². The normalized spacial score (nSPS) is 14.1. The Labute approximate surface area is 114 Å². The first-order valence-corrected chi connectivity index (χ1v) is 6.68. The lowest BCUT2D eigenvalue weighted by atomic mass is 10.0. The molecule has 1 aromatic heterocycles. The maximum atomic E-state index is 5.49. The average molecular weight is 259 g/mol. The zero-order valence-electron chi connectivity index (χ0n) is 11.7. The van der Waals surface area contributed by atoms with Crippen LogP contribution in [0.25, 0.3) is 0 Å². The largest absolute Gasteiger partial charge is 0.496 e. The summed E-state index contributed by atoms with van der Waals surface area (Å²) in [5.41, 5.74) is 1.16. The Morgan fingerprint density at radius 2 is 2.00 bits per heavy atom. The monoisotopic (exact) mass is 259 g/mol. The van der Waals surface area contributed by atoms with Crippen LogP contribution in [-0.4, -0.2) is 7.11 Å². The standard InChI is InChI=1S/C16H21NO2/c1-4-14(16-10-7-11-19-16)17-12(2)13-8-5-6-9-15(13)18-3/h5-12,14,17H,4H2,1-3H3/t12-,14?/m0/s1. The molecule has 0 saturated carbocycles. The molecular weight excluding hydrogens is 238 g/mol. The smallest absolute Gasteiger partial charge is 0.123 e.